The van der Waals surface area contributed by atoms with Gasteiger partial charge in [0.05, 0.1) is 12.5 Å². The van der Waals surface area contributed by atoms with Gasteiger partial charge in [-0.25, -0.2) is 0 Å². The summed E-state index contributed by atoms with van der Waals surface area (Å²) in [6.45, 7) is 8.03. The second-order valence-corrected chi connectivity index (χ2v) is 28.1. The van der Waals surface area contributed by atoms with E-state index in [0.717, 1.165) is 49.8 Å². The zero-order valence-electron chi connectivity index (χ0n) is 54.4. The van der Waals surface area contributed by atoms with Gasteiger partial charge in [0.1, 0.15) is 53.9 Å². The second kappa shape index (κ2) is 31.2. The van der Waals surface area contributed by atoms with Crippen LogP contribution in [0.25, 0.3) is 0 Å². The maximum Gasteiger partial charge on any atom is 0.393 e. The molecule has 90 heavy (non-hydrogen) atoms. The van der Waals surface area contributed by atoms with Crippen LogP contribution in [0.3, 0.4) is 0 Å². The van der Waals surface area contributed by atoms with E-state index in [4.69, 9.17) is 11.6 Å². The van der Waals surface area contributed by atoms with Crippen molar-refractivity contribution in [1.82, 2.24) is 56.0 Å². The molecule has 1 spiro atoms. The minimum absolute atomic E-state index is 0.0202. The predicted molar refractivity (Wildman–Crippen MR) is 329 cm³/mol. The first kappa shape index (κ1) is 71.7. The fourth-order valence-corrected chi connectivity index (χ4v) is 15.6. The van der Waals surface area contributed by atoms with E-state index >= 15 is 9.59 Å². The van der Waals surface area contributed by atoms with Gasteiger partial charge < -0.3 is 56.0 Å². The molecule has 4 saturated carbocycles. The van der Waals surface area contributed by atoms with Gasteiger partial charge in [0.15, 0.2) is 0 Å². The monoisotopic (exact) mass is 1290 g/mol. The van der Waals surface area contributed by atoms with Gasteiger partial charge >= 0.3 is 6.18 Å². The van der Waals surface area contributed by atoms with E-state index in [9.17, 15) is 56.3 Å². The van der Waals surface area contributed by atoms with Crippen LogP contribution in [-0.4, -0.2) is 214 Å². The number of fused-ring (bicyclic) bond motifs is 2. The molecule has 3 unspecified atom stereocenters. The summed E-state index contributed by atoms with van der Waals surface area (Å²) in [4.78, 5) is 168. The van der Waals surface area contributed by atoms with Gasteiger partial charge in [-0.05, 0) is 128 Å². The van der Waals surface area contributed by atoms with Crippen LogP contribution in [0, 0.1) is 29.6 Å². The van der Waals surface area contributed by atoms with E-state index in [1.165, 1.54) is 59.5 Å². The molecule has 0 aromatic heterocycles. The average molecular weight is 1290 g/mol. The molecule has 0 radical (unpaired) electrons. The molecule has 7 aliphatic rings. The van der Waals surface area contributed by atoms with Crippen molar-refractivity contribution in [2.24, 2.45) is 29.6 Å². The van der Waals surface area contributed by atoms with Crippen LogP contribution >= 0.6 is 11.6 Å². The number of hydrogen-bond acceptors (Lipinski definition) is 11. The smallest absolute Gasteiger partial charge is 0.351 e. The van der Waals surface area contributed by atoms with E-state index in [2.05, 4.69) is 26.6 Å². The normalized spacial score (nSPS) is 32.8. The molecule has 26 heteroatoms. The number of likely N-dealkylation sites (N-methyl/N-ethyl adjacent to an activating group) is 4. The van der Waals surface area contributed by atoms with Gasteiger partial charge in [-0.2, -0.15) is 13.2 Å². The molecule has 7 rings (SSSR count). The van der Waals surface area contributed by atoms with Gasteiger partial charge in [-0.15, -0.1) is 11.6 Å². The van der Waals surface area contributed by atoms with E-state index in [1.807, 2.05) is 6.92 Å². The fraction of sp³-hybridized carbons (Fsp3) is 0.828. The lowest BCUT2D eigenvalue weighted by Gasteiger charge is -2.43. The Balaban J connectivity index is 1.20. The van der Waals surface area contributed by atoms with Gasteiger partial charge in [0.25, 0.3) is 0 Å². The summed E-state index contributed by atoms with van der Waals surface area (Å²) in [5, 5.41) is 13.4. The molecule has 3 heterocycles. The van der Waals surface area contributed by atoms with E-state index in [0.29, 0.717) is 38.5 Å². The number of rotatable bonds is 8. The van der Waals surface area contributed by atoms with E-state index in [-0.39, 0.29) is 101 Å². The topological polar surface area (TPSA) is 267 Å². The van der Waals surface area contributed by atoms with Crippen molar-refractivity contribution >= 4 is 76.6 Å². The summed E-state index contributed by atoms with van der Waals surface area (Å²) < 4.78 is 41.7. The summed E-state index contributed by atoms with van der Waals surface area (Å²) in [5.41, 5.74) is -1.45. The lowest BCUT2D eigenvalue weighted by atomic mass is 9.78. The third kappa shape index (κ3) is 17.1. The molecule has 506 valence electrons. The predicted octanol–water partition coefficient (Wildman–Crippen LogP) is 4.92. The van der Waals surface area contributed by atoms with Crippen molar-refractivity contribution in [3.05, 3.63) is 0 Å². The second-order valence-electron chi connectivity index (χ2n) is 27.5. The molecule has 0 bridgehead atoms. The van der Waals surface area contributed by atoms with Crippen molar-refractivity contribution in [2.45, 2.75) is 260 Å². The van der Waals surface area contributed by atoms with Gasteiger partial charge in [-0.1, -0.05) is 78.1 Å². The quantitative estimate of drug-likeness (QED) is 0.204. The van der Waals surface area contributed by atoms with Crippen LogP contribution in [0.1, 0.15) is 189 Å². The molecule has 0 aromatic rings. The Morgan fingerprint density at radius 1 is 0.589 bits per heavy atom. The number of carbonyl (C=O) groups is 11. The number of hydrogen-bond donors (Lipinski definition) is 5. The van der Waals surface area contributed by atoms with Crippen LogP contribution < -0.4 is 26.6 Å². The average Bonchev–Trinajstić information content (AvgIpc) is 1.55. The number of nitrogens with one attached hydrogen (secondary N) is 5. The zero-order chi connectivity index (χ0) is 66.1. The Bertz CT molecular complexity index is 2620. The zero-order valence-corrected chi connectivity index (χ0v) is 55.2. The Labute approximate surface area is 534 Å². The van der Waals surface area contributed by atoms with Crippen molar-refractivity contribution in [3.63, 3.8) is 0 Å². The summed E-state index contributed by atoms with van der Waals surface area (Å²) in [7, 11) is 5.83. The minimum Gasteiger partial charge on any atom is -0.351 e. The van der Waals surface area contributed by atoms with Gasteiger partial charge in [0.2, 0.25) is 65.0 Å². The summed E-state index contributed by atoms with van der Waals surface area (Å²) >= 11 is 6.37. The molecule has 13 atom stereocenters. The maximum absolute atomic E-state index is 15.2. The first-order valence-electron chi connectivity index (χ1n) is 33.4. The number of alkyl halides is 4. The Morgan fingerprint density at radius 3 is 1.83 bits per heavy atom. The number of carbonyl (C=O) groups excluding carboxylic acids is 11. The molecular weight excluding hydrogens is 1190 g/mol. The van der Waals surface area contributed by atoms with Gasteiger partial charge in [-0.3, -0.25) is 52.7 Å². The standard InChI is InChI=1S/C64H101ClF3N11O11/c1-10-37(2)52-61(89)76(8)40(5)58(86)79-32-28-49(79)55(83)71-47(35-41-19-12-11-13-20-41)59(87)74(6)36-50(80)70-46(27-25-42-24-26-44(45(65)34-42)64(66,67)68)60(88)78-31-18-23-48(78)56(84)73-63(29-16-17-30-63)62(90)77(9)53(43-21-14-15-22-43)57(85)69-38(3)33-51(81)75(7)39(4)54(82)72-52/h37-49,52-53H,10-36H2,1-9H3,(H,69,85)(H,70,80)(H,71,83)(H,72,82)(H,73,84)/t37-,38+,39-,40-,42?,44?,45?,46-,47-,48-,49-,52-,53-/m0/s1. The first-order chi connectivity index (χ1) is 42.5. The molecule has 22 nitrogen and oxygen atoms in total. The molecule has 7 fully saturated rings. The van der Waals surface area contributed by atoms with Gasteiger partial charge in [0, 0.05) is 59.1 Å². The van der Waals surface area contributed by atoms with Crippen molar-refractivity contribution in [3.8, 4) is 0 Å². The number of nitrogens with zero attached hydrogens (tertiary/aromatic N) is 6. The molecule has 11 amide bonds. The molecule has 5 N–H and O–H groups in total. The lowest BCUT2D eigenvalue weighted by Crippen LogP contribution is -2.65. The minimum atomic E-state index is -4.49. The van der Waals surface area contributed by atoms with Crippen LogP contribution in [0.15, 0.2) is 0 Å². The van der Waals surface area contributed by atoms with E-state index in [1.54, 1.807) is 20.9 Å². The van der Waals surface area contributed by atoms with Crippen LogP contribution in [0.4, 0.5) is 13.2 Å². The molecule has 4 aliphatic carbocycles. The molecule has 0 aromatic carbocycles. The van der Waals surface area contributed by atoms with Crippen molar-refractivity contribution in [1.29, 1.82) is 0 Å². The highest BCUT2D eigenvalue weighted by atomic mass is 35.5. The summed E-state index contributed by atoms with van der Waals surface area (Å²) in [5.74, 6) is -9.04. The highest BCUT2D eigenvalue weighted by Gasteiger charge is 2.52. The summed E-state index contributed by atoms with van der Waals surface area (Å²) in [6, 6.07) is -9.61. The Kier molecular flexibility index (Phi) is 24.9. The largest absolute Gasteiger partial charge is 0.393 e. The van der Waals surface area contributed by atoms with Crippen molar-refractivity contribution < 1.29 is 65.9 Å². The maximum atomic E-state index is 15.2. The Morgan fingerprint density at radius 2 is 1.22 bits per heavy atom. The molecule has 3 saturated heterocycles. The Hall–Kier alpha value is -5.75. The lowest BCUT2D eigenvalue weighted by molar-refractivity contribution is -0.182. The SMILES string of the molecule is CC[C@H](C)[C@@H]1NC(=O)[C@H](C)N(C)C(=O)C[C@@H](C)NC(=O)[C@H](C2CCCC2)N(C)C(=O)C2(CCCC2)NC(=O)[C@@H]2CCCN2C(=O)[C@H](CCC2CCC(C(F)(F)F)C(Cl)C2)NC(=O)CN(C)C(=O)[C@H](CC2CCCCC2)NC(=O)[C@@H]2CCN2C(=O)[C@H](C)N(C)C1=O. The third-order valence-corrected chi connectivity index (χ3v) is 21.8. The van der Waals surface area contributed by atoms with Crippen LogP contribution in [-0.2, 0) is 52.7 Å². The van der Waals surface area contributed by atoms with Crippen LogP contribution in [0.5, 0.6) is 0 Å². The van der Waals surface area contributed by atoms with E-state index < -0.39 is 155 Å². The highest BCUT2D eigenvalue weighted by Crippen LogP contribution is 2.44. The number of amides is 11. The highest BCUT2D eigenvalue weighted by molar-refractivity contribution is 6.20. The molecular formula is C64H101ClF3N11O11. The molecule has 3 aliphatic heterocycles. The third-order valence-electron chi connectivity index (χ3n) is 21.3. The van der Waals surface area contributed by atoms with Crippen LogP contribution in [0.2, 0.25) is 0 Å². The number of halogens is 4. The summed E-state index contributed by atoms with van der Waals surface area (Å²) in [6.07, 6.45) is 6.04. The van der Waals surface area contributed by atoms with Crippen molar-refractivity contribution in [2.75, 3.05) is 47.8 Å². The first-order valence-corrected chi connectivity index (χ1v) is 33.8. The fourth-order valence-electron chi connectivity index (χ4n) is 15.0.